The highest BCUT2D eigenvalue weighted by Gasteiger charge is 2.41. The minimum atomic E-state index is -0.454. The van der Waals surface area contributed by atoms with E-state index in [1.54, 1.807) is 4.90 Å². The smallest absolute Gasteiger partial charge is 0.250 e. The summed E-state index contributed by atoms with van der Waals surface area (Å²) in [7, 11) is 0. The first-order chi connectivity index (χ1) is 9.45. The topological polar surface area (TPSA) is 49.4 Å². The molecule has 1 heterocycles. The third kappa shape index (κ3) is 2.73. The quantitative estimate of drug-likeness (QED) is 0.921. The molecule has 2 atom stereocenters. The number of amides is 2. The molecule has 108 valence electrons. The summed E-state index contributed by atoms with van der Waals surface area (Å²) < 4.78 is 0.893. The number of carbonyl (C=O) groups excluding carboxylic acids is 2. The molecule has 0 radical (unpaired) electrons. The van der Waals surface area contributed by atoms with Crippen LogP contribution in [0.3, 0.4) is 0 Å². The molecule has 2 amide bonds. The average molecular weight is 339 g/mol. The monoisotopic (exact) mass is 338 g/mol. The summed E-state index contributed by atoms with van der Waals surface area (Å²) in [6.07, 6.45) is 0.592. The van der Waals surface area contributed by atoms with Gasteiger partial charge in [-0.2, -0.15) is 0 Å². The number of nitrogens with one attached hydrogen (secondary N) is 1. The van der Waals surface area contributed by atoms with Crippen LogP contribution >= 0.6 is 15.9 Å². The van der Waals surface area contributed by atoms with E-state index in [0.29, 0.717) is 6.42 Å². The van der Waals surface area contributed by atoms with Crippen LogP contribution < -0.4 is 10.2 Å². The van der Waals surface area contributed by atoms with Crippen molar-refractivity contribution in [1.82, 2.24) is 5.32 Å². The first-order valence-electron chi connectivity index (χ1n) is 6.84. The van der Waals surface area contributed by atoms with Gasteiger partial charge < -0.3 is 5.32 Å². The number of anilines is 1. The summed E-state index contributed by atoms with van der Waals surface area (Å²) in [5.74, 6) is -0.0470. The number of hydrogen-bond acceptors (Lipinski definition) is 2. The molecule has 1 aromatic carbocycles. The maximum Gasteiger partial charge on any atom is 0.250 e. The Morgan fingerprint density at radius 1 is 1.35 bits per heavy atom. The van der Waals surface area contributed by atoms with E-state index in [4.69, 9.17) is 0 Å². The van der Waals surface area contributed by atoms with E-state index in [-0.39, 0.29) is 17.7 Å². The highest BCUT2D eigenvalue weighted by atomic mass is 79.9. The molecule has 2 unspecified atom stereocenters. The molecule has 1 fully saturated rings. The maximum atomic E-state index is 12.7. The first-order valence-corrected chi connectivity index (χ1v) is 7.64. The molecule has 1 aliphatic heterocycles. The van der Waals surface area contributed by atoms with Gasteiger partial charge in [0.15, 0.2) is 0 Å². The third-order valence-electron chi connectivity index (χ3n) is 3.56. The van der Waals surface area contributed by atoms with Gasteiger partial charge in [0, 0.05) is 10.2 Å². The average Bonchev–Trinajstić information content (AvgIpc) is 2.40. The van der Waals surface area contributed by atoms with E-state index >= 15 is 0 Å². The van der Waals surface area contributed by atoms with Crippen LogP contribution in [0, 0.1) is 5.92 Å². The van der Waals surface area contributed by atoms with E-state index in [2.05, 4.69) is 21.2 Å². The molecule has 0 aliphatic carbocycles. The lowest BCUT2D eigenvalue weighted by Crippen LogP contribution is -2.64. The number of nitrogens with zero attached hydrogens (tertiary/aromatic N) is 1. The highest BCUT2D eigenvalue weighted by Crippen LogP contribution is 2.27. The van der Waals surface area contributed by atoms with Gasteiger partial charge in [-0.05, 0) is 30.5 Å². The number of piperazine rings is 1. The van der Waals surface area contributed by atoms with Crippen LogP contribution in [0.1, 0.15) is 27.2 Å². The molecule has 4 nitrogen and oxygen atoms in total. The minimum Gasteiger partial charge on any atom is -0.342 e. The first kappa shape index (κ1) is 15.0. The second-order valence-corrected chi connectivity index (χ2v) is 6.26. The molecule has 20 heavy (non-hydrogen) atoms. The van der Waals surface area contributed by atoms with Gasteiger partial charge in [0.05, 0.1) is 0 Å². The summed E-state index contributed by atoms with van der Waals surface area (Å²) in [5.41, 5.74) is 0.761. The van der Waals surface area contributed by atoms with E-state index in [1.807, 2.05) is 45.0 Å². The number of rotatable bonds is 3. The fraction of sp³-hybridized carbons (Fsp3) is 0.467. The largest absolute Gasteiger partial charge is 0.342 e. The van der Waals surface area contributed by atoms with Crippen molar-refractivity contribution in [3.05, 3.63) is 28.7 Å². The van der Waals surface area contributed by atoms with Gasteiger partial charge in [-0.1, -0.05) is 42.8 Å². The predicted octanol–water partition coefficient (Wildman–Crippen LogP) is 2.72. The number of benzene rings is 1. The zero-order chi connectivity index (χ0) is 14.9. The fourth-order valence-corrected chi connectivity index (χ4v) is 2.87. The van der Waals surface area contributed by atoms with Crippen LogP contribution in [0.2, 0.25) is 0 Å². The van der Waals surface area contributed by atoms with Gasteiger partial charge in [-0.25, -0.2) is 0 Å². The zero-order valence-electron chi connectivity index (χ0n) is 11.9. The summed E-state index contributed by atoms with van der Waals surface area (Å²) in [4.78, 5) is 26.6. The van der Waals surface area contributed by atoms with Crippen molar-refractivity contribution < 1.29 is 9.59 Å². The summed E-state index contributed by atoms with van der Waals surface area (Å²) in [5, 5.41) is 2.84. The van der Waals surface area contributed by atoms with Crippen LogP contribution in [0.5, 0.6) is 0 Å². The van der Waals surface area contributed by atoms with Gasteiger partial charge in [0.25, 0.3) is 5.91 Å². The lowest BCUT2D eigenvalue weighted by atomic mass is 9.96. The van der Waals surface area contributed by atoms with Crippen LogP contribution in [0.15, 0.2) is 28.7 Å². The summed E-state index contributed by atoms with van der Waals surface area (Å²) in [6.45, 7) is 5.79. The van der Waals surface area contributed by atoms with Crippen molar-refractivity contribution in [3.63, 3.8) is 0 Å². The Hall–Kier alpha value is -1.36. The molecule has 0 bridgehead atoms. The van der Waals surface area contributed by atoms with Crippen LogP contribution in [0.4, 0.5) is 5.69 Å². The minimum absolute atomic E-state index is 0.0375. The number of carbonyl (C=O) groups is 2. The van der Waals surface area contributed by atoms with E-state index in [9.17, 15) is 9.59 Å². The van der Waals surface area contributed by atoms with Gasteiger partial charge in [0.1, 0.15) is 12.1 Å². The molecule has 2 rings (SSSR count). The Labute approximate surface area is 127 Å². The van der Waals surface area contributed by atoms with Gasteiger partial charge in [0.2, 0.25) is 5.91 Å². The standard InChI is InChI=1S/C15H19BrN2O2/c1-4-12-14(19)17-13(9(2)3)15(20)18(12)11-7-5-6-10(16)8-11/h5-9,12-13H,4H2,1-3H3,(H,17,19). The second kappa shape index (κ2) is 5.95. The molecule has 0 aromatic heterocycles. The lowest BCUT2D eigenvalue weighted by molar-refractivity contribution is -0.134. The van der Waals surface area contributed by atoms with Crippen molar-refractivity contribution in [2.24, 2.45) is 5.92 Å². The lowest BCUT2D eigenvalue weighted by Gasteiger charge is -2.40. The molecule has 1 aliphatic rings. The maximum absolute atomic E-state index is 12.7. The van der Waals surface area contributed by atoms with E-state index in [0.717, 1.165) is 10.2 Å². The molecule has 1 saturated heterocycles. The molecule has 0 saturated carbocycles. The van der Waals surface area contributed by atoms with Crippen molar-refractivity contribution >= 4 is 33.4 Å². The Balaban J connectivity index is 2.44. The number of halogens is 1. The van der Waals surface area contributed by atoms with Crippen molar-refractivity contribution in [3.8, 4) is 0 Å². The highest BCUT2D eigenvalue weighted by molar-refractivity contribution is 9.10. The van der Waals surface area contributed by atoms with E-state index < -0.39 is 12.1 Å². The number of hydrogen-bond donors (Lipinski definition) is 1. The normalized spacial score (nSPS) is 23.1. The molecule has 1 aromatic rings. The van der Waals surface area contributed by atoms with Crippen LogP contribution in [-0.4, -0.2) is 23.9 Å². The molecule has 5 heteroatoms. The molecule has 0 spiro atoms. The predicted molar refractivity (Wildman–Crippen MR) is 82.5 cm³/mol. The third-order valence-corrected chi connectivity index (χ3v) is 4.05. The zero-order valence-corrected chi connectivity index (χ0v) is 13.5. The van der Waals surface area contributed by atoms with E-state index in [1.165, 1.54) is 0 Å². The van der Waals surface area contributed by atoms with Crippen molar-refractivity contribution in [2.45, 2.75) is 39.3 Å². The van der Waals surface area contributed by atoms with Gasteiger partial charge in [-0.3, -0.25) is 14.5 Å². The van der Waals surface area contributed by atoms with Crippen molar-refractivity contribution in [1.29, 1.82) is 0 Å². The fourth-order valence-electron chi connectivity index (χ4n) is 2.48. The van der Waals surface area contributed by atoms with Gasteiger partial charge in [-0.15, -0.1) is 0 Å². The summed E-state index contributed by atoms with van der Waals surface area (Å²) in [6, 6.07) is 6.61. The van der Waals surface area contributed by atoms with Crippen LogP contribution in [0.25, 0.3) is 0 Å². The molecular weight excluding hydrogens is 320 g/mol. The Morgan fingerprint density at radius 3 is 2.60 bits per heavy atom. The molecule has 1 N–H and O–H groups in total. The van der Waals surface area contributed by atoms with Gasteiger partial charge >= 0.3 is 0 Å². The SMILES string of the molecule is CCC1C(=O)NC(C(C)C)C(=O)N1c1cccc(Br)c1. The van der Waals surface area contributed by atoms with Crippen molar-refractivity contribution in [2.75, 3.05) is 4.90 Å². The summed E-state index contributed by atoms with van der Waals surface area (Å²) >= 11 is 3.41. The molecular formula is C15H19BrN2O2. The Morgan fingerprint density at radius 2 is 2.05 bits per heavy atom. The van der Waals surface area contributed by atoms with Crippen LogP contribution in [-0.2, 0) is 9.59 Å². The second-order valence-electron chi connectivity index (χ2n) is 5.34. The Bertz CT molecular complexity index is 530. The Kier molecular flexibility index (Phi) is 4.48.